The van der Waals surface area contributed by atoms with Crippen LogP contribution in [-0.2, 0) is 31.6 Å². The lowest BCUT2D eigenvalue weighted by atomic mass is 9.95. The van der Waals surface area contributed by atoms with Crippen molar-refractivity contribution in [3.63, 3.8) is 0 Å². The minimum Gasteiger partial charge on any atom is -0.386 e. The highest BCUT2D eigenvalue weighted by Gasteiger charge is 2.73. The van der Waals surface area contributed by atoms with Crippen LogP contribution in [0, 0.1) is 10.6 Å². The Labute approximate surface area is 189 Å². The van der Waals surface area contributed by atoms with Gasteiger partial charge >= 0.3 is 29.6 Å². The third-order valence-electron chi connectivity index (χ3n) is 3.88. The van der Waals surface area contributed by atoms with E-state index in [-0.39, 0.29) is 10.8 Å². The second-order valence-electron chi connectivity index (χ2n) is 6.29. The van der Waals surface area contributed by atoms with E-state index in [0.717, 1.165) is 0 Å². The van der Waals surface area contributed by atoms with Crippen LogP contribution >= 0.6 is 35.7 Å². The fraction of sp³-hybridized carbons (Fsp3) is 0.600. The van der Waals surface area contributed by atoms with E-state index in [2.05, 4.69) is 35.1 Å². The van der Waals surface area contributed by atoms with Gasteiger partial charge in [-0.05, 0) is 12.2 Å². The Balaban J connectivity index is 2.32. The highest BCUT2D eigenvalue weighted by molar-refractivity contribution is 7.71. The van der Waals surface area contributed by atoms with Gasteiger partial charge in [0.2, 0.25) is 4.77 Å². The van der Waals surface area contributed by atoms with Gasteiger partial charge in [0.1, 0.15) is 12.2 Å². The number of aliphatic hydroxyl groups excluding tert-OH is 1. The number of aliphatic hydroxyl groups is 1. The summed E-state index contributed by atoms with van der Waals surface area (Å²) in [4.78, 5) is 38.5. The average Bonchev–Trinajstić information content (AvgIpc) is 2.85. The monoisotopic (exact) mass is 587 g/mol. The smallest absolute Gasteiger partial charge is 0.386 e. The van der Waals surface area contributed by atoms with Crippen LogP contribution in [0.2, 0.25) is 0 Å². The molecule has 0 aliphatic carbocycles. The number of nitrogens with two attached hydrogens (primary N) is 1. The van der Waals surface area contributed by atoms with Crippen molar-refractivity contribution in [3.8, 4) is 0 Å². The van der Waals surface area contributed by atoms with Gasteiger partial charge in [0.15, 0.2) is 17.9 Å². The molecule has 2 heterocycles. The first kappa shape index (κ1) is 29.3. The Morgan fingerprint density at radius 2 is 1.76 bits per heavy atom. The minimum absolute atomic E-state index is 0.0164. The summed E-state index contributed by atoms with van der Waals surface area (Å²) in [6.45, 7) is -1.65. The molecule has 0 bridgehead atoms. The van der Waals surface area contributed by atoms with Crippen molar-refractivity contribution in [1.29, 1.82) is 0 Å². The van der Waals surface area contributed by atoms with E-state index in [0.29, 0.717) is 0 Å². The first-order valence-corrected chi connectivity index (χ1v) is 12.9. The van der Waals surface area contributed by atoms with E-state index in [4.69, 9.17) is 20.4 Å². The van der Waals surface area contributed by atoms with Crippen LogP contribution in [0.1, 0.15) is 6.23 Å². The number of hydrogen-bond acceptors (Lipinski definition) is 11. The third-order valence-corrected chi connectivity index (χ3v) is 7.99. The normalized spacial score (nSPS) is 29.5. The molecule has 0 spiro atoms. The third kappa shape index (κ3) is 6.44. The molecule has 34 heavy (non-hydrogen) atoms. The second-order valence-corrected chi connectivity index (χ2v) is 11.1. The average molecular weight is 587 g/mol. The molecule has 6 atom stereocenters. The van der Waals surface area contributed by atoms with Gasteiger partial charge in [-0.1, -0.05) is 0 Å². The lowest BCUT2D eigenvalue weighted by Gasteiger charge is -2.31. The maximum absolute atomic E-state index is 15.1. The molecule has 1 aromatic heterocycles. The first-order valence-electron chi connectivity index (χ1n) is 8.01. The van der Waals surface area contributed by atoms with E-state index in [1.54, 1.807) is 0 Å². The van der Waals surface area contributed by atoms with E-state index < -0.39 is 76.8 Å². The number of phosphoric ester groups is 1. The fourth-order valence-corrected chi connectivity index (χ4v) is 5.83. The number of anilines is 1. The number of ether oxygens (including phenoxy) is 1. The lowest BCUT2D eigenvalue weighted by molar-refractivity contribution is -0.273. The van der Waals surface area contributed by atoms with Crippen LogP contribution in [0.25, 0.3) is 0 Å². The standard InChI is InChI=1S/C10H13F5N3O12P3S/c11-3-1-18(8(34)17-6(3)16)7-9(12,10(13,14)15)5(19)4(28-7)2-27-32(23,24)30-33(25,26)29-31(20,21)22/h1,4-5,7,19H,2H2,(H,23,24)(H,25,26)(H2,16,17,34)(H2,20,21,22). The van der Waals surface area contributed by atoms with E-state index >= 15 is 4.39 Å². The highest BCUT2D eigenvalue weighted by atomic mass is 32.1. The Hall–Kier alpha value is -0.920. The lowest BCUT2D eigenvalue weighted by Crippen LogP contribution is -2.54. The number of phosphoric acid groups is 3. The predicted molar refractivity (Wildman–Crippen MR) is 97.1 cm³/mol. The molecular weight excluding hydrogens is 574 g/mol. The summed E-state index contributed by atoms with van der Waals surface area (Å²) in [5, 5.41) is 9.94. The summed E-state index contributed by atoms with van der Waals surface area (Å²) in [7, 11) is -17.6. The van der Waals surface area contributed by atoms with Crippen molar-refractivity contribution in [2.45, 2.75) is 30.3 Å². The molecule has 6 unspecified atom stereocenters. The van der Waals surface area contributed by atoms with Gasteiger partial charge in [-0.25, -0.2) is 22.5 Å². The number of hydrogen-bond donors (Lipinski definition) is 6. The number of rotatable bonds is 8. The van der Waals surface area contributed by atoms with Gasteiger partial charge < -0.3 is 35.2 Å². The van der Waals surface area contributed by atoms with Crippen molar-refractivity contribution in [2.24, 2.45) is 0 Å². The maximum Gasteiger partial charge on any atom is 0.490 e. The summed E-state index contributed by atoms with van der Waals surface area (Å²) in [6.07, 6.45) is -14.4. The molecule has 1 aliphatic rings. The van der Waals surface area contributed by atoms with Gasteiger partial charge in [0, 0.05) is 6.20 Å². The number of aromatic nitrogens is 2. The van der Waals surface area contributed by atoms with Crippen molar-refractivity contribution in [1.82, 2.24) is 9.55 Å². The van der Waals surface area contributed by atoms with Crippen LogP contribution in [0.5, 0.6) is 0 Å². The number of nitrogens with zero attached hydrogens (tertiary/aromatic N) is 2. The van der Waals surface area contributed by atoms with Gasteiger partial charge in [-0.3, -0.25) is 9.09 Å². The molecule has 1 saturated heterocycles. The molecule has 2 rings (SSSR count). The molecule has 0 radical (unpaired) electrons. The molecule has 7 N–H and O–H groups in total. The summed E-state index contributed by atoms with van der Waals surface area (Å²) in [5.74, 6) is -2.31. The Morgan fingerprint density at radius 1 is 1.21 bits per heavy atom. The van der Waals surface area contributed by atoms with E-state index in [1.165, 1.54) is 0 Å². The summed E-state index contributed by atoms with van der Waals surface area (Å²) in [5.41, 5.74) is 0.377. The van der Waals surface area contributed by atoms with Crippen LogP contribution < -0.4 is 5.73 Å². The van der Waals surface area contributed by atoms with Crippen LogP contribution in [0.4, 0.5) is 27.8 Å². The minimum atomic E-state index is -5.98. The van der Waals surface area contributed by atoms with Gasteiger partial charge in [0.05, 0.1) is 6.61 Å². The molecule has 1 aromatic rings. The number of nitrogen functional groups attached to an aromatic ring is 1. The van der Waals surface area contributed by atoms with Crippen LogP contribution in [0.3, 0.4) is 0 Å². The number of alkyl halides is 4. The SMILES string of the molecule is Nc1nc(=S)n(C2OC(COP(=O)(O)OP(=O)(O)OP(=O)(O)O)C(O)C2(F)C(F)(F)F)cc1F. The molecule has 1 fully saturated rings. The number of halogens is 5. The van der Waals surface area contributed by atoms with E-state index in [1.807, 2.05) is 0 Å². The largest absolute Gasteiger partial charge is 0.490 e. The Bertz CT molecular complexity index is 1150. The molecule has 0 amide bonds. The molecule has 1 aliphatic heterocycles. The van der Waals surface area contributed by atoms with Crippen LogP contribution in [-0.4, -0.2) is 64.9 Å². The van der Waals surface area contributed by atoms with E-state index in [9.17, 15) is 41.3 Å². The predicted octanol–water partition coefficient (Wildman–Crippen LogP) is 1.21. The fourth-order valence-electron chi connectivity index (χ4n) is 2.56. The molecule has 24 heteroatoms. The van der Waals surface area contributed by atoms with Crippen molar-refractivity contribution in [3.05, 3.63) is 16.8 Å². The summed E-state index contributed by atoms with van der Waals surface area (Å²) >= 11 is 4.60. The van der Waals surface area contributed by atoms with Crippen molar-refractivity contribution < 1.29 is 78.2 Å². The van der Waals surface area contributed by atoms with Gasteiger partial charge in [-0.15, -0.1) is 0 Å². The molecular formula is C10H13F5N3O12P3S. The molecule has 15 nitrogen and oxygen atoms in total. The Kier molecular flexibility index (Phi) is 8.20. The van der Waals surface area contributed by atoms with Crippen LogP contribution in [0.15, 0.2) is 6.20 Å². The zero-order valence-electron chi connectivity index (χ0n) is 15.7. The quantitative estimate of drug-likeness (QED) is 0.143. The zero-order chi connectivity index (χ0) is 26.5. The maximum atomic E-state index is 15.1. The molecule has 0 aromatic carbocycles. The molecule has 196 valence electrons. The highest BCUT2D eigenvalue weighted by Crippen LogP contribution is 2.66. The Morgan fingerprint density at radius 3 is 2.26 bits per heavy atom. The zero-order valence-corrected chi connectivity index (χ0v) is 19.2. The van der Waals surface area contributed by atoms with Crippen molar-refractivity contribution in [2.75, 3.05) is 12.3 Å². The first-order chi connectivity index (χ1) is 15.1. The summed E-state index contributed by atoms with van der Waals surface area (Å²) in [6, 6.07) is 0. The topological polar surface area (TPSA) is 233 Å². The molecule has 0 saturated carbocycles. The van der Waals surface area contributed by atoms with Crippen molar-refractivity contribution >= 4 is 41.5 Å². The van der Waals surface area contributed by atoms with Gasteiger partial charge in [0.25, 0.3) is 5.67 Å². The second kappa shape index (κ2) is 9.51. The van der Waals surface area contributed by atoms with Gasteiger partial charge in [-0.2, -0.15) is 26.8 Å². The summed E-state index contributed by atoms with van der Waals surface area (Å²) < 4.78 is 118.